The van der Waals surface area contributed by atoms with Gasteiger partial charge >= 0.3 is 0 Å². The Hall–Kier alpha value is -1.35. The first-order valence-electron chi connectivity index (χ1n) is 6.82. The van der Waals surface area contributed by atoms with Crippen LogP contribution < -0.4 is 0 Å². The molecule has 18 heavy (non-hydrogen) atoms. The lowest BCUT2D eigenvalue weighted by Crippen LogP contribution is -2.05. The molecule has 0 aliphatic carbocycles. The number of ether oxygens (including phenoxy) is 1. The van der Waals surface area contributed by atoms with Crippen molar-refractivity contribution < 1.29 is 9.15 Å². The molecule has 0 spiro atoms. The Morgan fingerprint density at radius 1 is 1.22 bits per heavy atom. The number of oxazole rings is 1. The molecule has 3 heteroatoms. The highest BCUT2D eigenvalue weighted by Crippen LogP contribution is 2.26. The first kappa shape index (κ1) is 13.1. The molecule has 0 aliphatic rings. The number of para-hydroxylation sites is 2. The predicted molar refractivity (Wildman–Crippen MR) is 72.5 cm³/mol. The van der Waals surface area contributed by atoms with Crippen LogP contribution in [0.3, 0.4) is 0 Å². The quantitative estimate of drug-likeness (QED) is 0.676. The van der Waals surface area contributed by atoms with Crippen molar-refractivity contribution in [1.82, 2.24) is 4.98 Å². The van der Waals surface area contributed by atoms with Gasteiger partial charge in [-0.15, -0.1) is 0 Å². The fourth-order valence-electron chi connectivity index (χ4n) is 1.94. The maximum absolute atomic E-state index is 5.88. The van der Waals surface area contributed by atoms with Crippen LogP contribution in [0.5, 0.6) is 0 Å². The zero-order valence-electron chi connectivity index (χ0n) is 11.2. The SMILES string of the molecule is CCCCOC(CCC)c1nc2ccccc2o1. The molecule has 0 saturated carbocycles. The lowest BCUT2D eigenvalue weighted by Gasteiger charge is -2.13. The molecule has 98 valence electrons. The molecule has 2 aromatic rings. The summed E-state index contributed by atoms with van der Waals surface area (Å²) in [6.07, 6.45) is 4.24. The van der Waals surface area contributed by atoms with Crippen LogP contribution in [0.15, 0.2) is 28.7 Å². The van der Waals surface area contributed by atoms with E-state index < -0.39 is 0 Å². The van der Waals surface area contributed by atoms with Crippen LogP contribution in [0.2, 0.25) is 0 Å². The molecular weight excluding hydrogens is 226 g/mol. The molecule has 1 heterocycles. The number of aromatic nitrogens is 1. The Morgan fingerprint density at radius 2 is 2.06 bits per heavy atom. The topological polar surface area (TPSA) is 35.3 Å². The average molecular weight is 247 g/mol. The van der Waals surface area contributed by atoms with Crippen LogP contribution in [0.4, 0.5) is 0 Å². The smallest absolute Gasteiger partial charge is 0.224 e. The van der Waals surface area contributed by atoms with Gasteiger partial charge in [-0.25, -0.2) is 4.98 Å². The van der Waals surface area contributed by atoms with Crippen LogP contribution in [-0.2, 0) is 4.74 Å². The number of benzene rings is 1. The number of fused-ring (bicyclic) bond motifs is 1. The van der Waals surface area contributed by atoms with E-state index in [-0.39, 0.29) is 6.10 Å². The van der Waals surface area contributed by atoms with Crippen molar-refractivity contribution in [2.45, 2.75) is 45.6 Å². The second-order valence-electron chi connectivity index (χ2n) is 4.52. The summed E-state index contributed by atoms with van der Waals surface area (Å²) in [5.74, 6) is 0.717. The zero-order chi connectivity index (χ0) is 12.8. The summed E-state index contributed by atoms with van der Waals surface area (Å²) in [6, 6.07) is 7.85. The van der Waals surface area contributed by atoms with Gasteiger partial charge in [-0.1, -0.05) is 38.8 Å². The number of nitrogens with zero attached hydrogens (tertiary/aromatic N) is 1. The fraction of sp³-hybridized carbons (Fsp3) is 0.533. The predicted octanol–water partition coefficient (Wildman–Crippen LogP) is 4.49. The number of unbranched alkanes of at least 4 members (excludes halogenated alkanes) is 1. The molecule has 2 rings (SSSR count). The van der Waals surface area contributed by atoms with Crippen LogP contribution in [0, 0.1) is 0 Å². The molecule has 0 amide bonds. The van der Waals surface area contributed by atoms with Gasteiger partial charge in [0.1, 0.15) is 11.6 Å². The van der Waals surface area contributed by atoms with Gasteiger partial charge < -0.3 is 9.15 Å². The molecule has 0 saturated heterocycles. The van der Waals surface area contributed by atoms with E-state index in [9.17, 15) is 0 Å². The molecule has 1 atom stereocenters. The van der Waals surface area contributed by atoms with E-state index >= 15 is 0 Å². The van der Waals surface area contributed by atoms with Crippen molar-refractivity contribution >= 4 is 11.1 Å². The van der Waals surface area contributed by atoms with Gasteiger partial charge in [0.25, 0.3) is 0 Å². The molecule has 1 aromatic heterocycles. The summed E-state index contributed by atoms with van der Waals surface area (Å²) in [6.45, 7) is 5.09. The summed E-state index contributed by atoms with van der Waals surface area (Å²) in [5.41, 5.74) is 1.75. The van der Waals surface area contributed by atoms with Crippen LogP contribution in [0.1, 0.15) is 51.5 Å². The molecule has 0 fully saturated rings. The van der Waals surface area contributed by atoms with E-state index in [1.807, 2.05) is 24.3 Å². The highest BCUT2D eigenvalue weighted by atomic mass is 16.5. The number of hydrogen-bond donors (Lipinski definition) is 0. The average Bonchev–Trinajstić information content (AvgIpc) is 2.81. The monoisotopic (exact) mass is 247 g/mol. The third-order valence-corrected chi connectivity index (χ3v) is 2.95. The van der Waals surface area contributed by atoms with Crippen molar-refractivity contribution in [2.24, 2.45) is 0 Å². The number of rotatable bonds is 7. The summed E-state index contributed by atoms with van der Waals surface area (Å²) < 4.78 is 11.7. The van der Waals surface area contributed by atoms with Crippen LogP contribution in [-0.4, -0.2) is 11.6 Å². The Bertz CT molecular complexity index is 445. The zero-order valence-corrected chi connectivity index (χ0v) is 11.2. The first-order chi connectivity index (χ1) is 8.85. The van der Waals surface area contributed by atoms with Gasteiger partial charge in [0.2, 0.25) is 5.89 Å². The third kappa shape index (κ3) is 3.10. The highest BCUT2D eigenvalue weighted by molar-refractivity contribution is 5.72. The summed E-state index contributed by atoms with van der Waals surface area (Å²) in [7, 11) is 0. The molecule has 0 bridgehead atoms. The van der Waals surface area contributed by atoms with Crippen LogP contribution >= 0.6 is 0 Å². The maximum atomic E-state index is 5.88. The van der Waals surface area contributed by atoms with Gasteiger partial charge in [0.15, 0.2) is 5.58 Å². The second kappa shape index (κ2) is 6.55. The molecule has 1 aromatic carbocycles. The standard InChI is InChI=1S/C15H21NO2/c1-3-5-11-17-14(8-4-2)15-16-12-9-6-7-10-13(12)18-15/h6-7,9-10,14H,3-5,8,11H2,1-2H3. The second-order valence-corrected chi connectivity index (χ2v) is 4.52. The van der Waals surface area contributed by atoms with Gasteiger partial charge in [-0.2, -0.15) is 0 Å². The van der Waals surface area contributed by atoms with Crippen molar-refractivity contribution in [3.63, 3.8) is 0 Å². The molecule has 0 aliphatic heterocycles. The number of hydrogen-bond acceptors (Lipinski definition) is 3. The Kier molecular flexibility index (Phi) is 4.76. The van der Waals surface area contributed by atoms with Crippen molar-refractivity contribution in [3.05, 3.63) is 30.2 Å². The van der Waals surface area contributed by atoms with E-state index in [1.54, 1.807) is 0 Å². The molecule has 0 N–H and O–H groups in total. The minimum Gasteiger partial charge on any atom is -0.438 e. The van der Waals surface area contributed by atoms with E-state index in [0.29, 0.717) is 5.89 Å². The van der Waals surface area contributed by atoms with Crippen molar-refractivity contribution in [2.75, 3.05) is 6.61 Å². The largest absolute Gasteiger partial charge is 0.438 e. The van der Waals surface area contributed by atoms with E-state index in [0.717, 1.165) is 43.4 Å². The van der Waals surface area contributed by atoms with E-state index in [1.165, 1.54) is 0 Å². The molecule has 3 nitrogen and oxygen atoms in total. The third-order valence-electron chi connectivity index (χ3n) is 2.95. The summed E-state index contributed by atoms with van der Waals surface area (Å²) in [5, 5.41) is 0. The lowest BCUT2D eigenvalue weighted by molar-refractivity contribution is 0.0271. The minimum absolute atomic E-state index is 0.00560. The molecular formula is C15H21NO2. The fourth-order valence-corrected chi connectivity index (χ4v) is 1.94. The Morgan fingerprint density at radius 3 is 2.78 bits per heavy atom. The summed E-state index contributed by atoms with van der Waals surface area (Å²) in [4.78, 5) is 4.52. The van der Waals surface area contributed by atoms with Gasteiger partial charge in [0.05, 0.1) is 0 Å². The highest BCUT2D eigenvalue weighted by Gasteiger charge is 2.17. The van der Waals surface area contributed by atoms with E-state index in [2.05, 4.69) is 18.8 Å². The Balaban J connectivity index is 2.13. The Labute approximate surface area is 108 Å². The van der Waals surface area contributed by atoms with Gasteiger partial charge in [-0.05, 0) is 25.0 Å². The summed E-state index contributed by atoms with van der Waals surface area (Å²) >= 11 is 0. The van der Waals surface area contributed by atoms with Gasteiger partial charge in [-0.3, -0.25) is 0 Å². The maximum Gasteiger partial charge on any atom is 0.224 e. The van der Waals surface area contributed by atoms with Crippen molar-refractivity contribution in [3.8, 4) is 0 Å². The normalized spacial score (nSPS) is 13.0. The lowest BCUT2D eigenvalue weighted by atomic mass is 10.2. The van der Waals surface area contributed by atoms with E-state index in [4.69, 9.17) is 9.15 Å². The minimum atomic E-state index is -0.00560. The molecule has 0 radical (unpaired) electrons. The van der Waals surface area contributed by atoms with Crippen LogP contribution in [0.25, 0.3) is 11.1 Å². The molecule has 1 unspecified atom stereocenters. The van der Waals surface area contributed by atoms with Crippen molar-refractivity contribution in [1.29, 1.82) is 0 Å². The first-order valence-corrected chi connectivity index (χ1v) is 6.82. The van der Waals surface area contributed by atoms with Gasteiger partial charge in [0, 0.05) is 6.61 Å².